The summed E-state index contributed by atoms with van der Waals surface area (Å²) >= 11 is 3.46. The van der Waals surface area contributed by atoms with Gasteiger partial charge in [0.05, 0.1) is 6.42 Å². The molecule has 1 fully saturated rings. The van der Waals surface area contributed by atoms with Crippen molar-refractivity contribution in [3.8, 4) is 0 Å². The van der Waals surface area contributed by atoms with E-state index in [2.05, 4.69) is 21.2 Å². The lowest BCUT2D eigenvalue weighted by Crippen LogP contribution is -2.33. The highest BCUT2D eigenvalue weighted by Gasteiger charge is 2.17. The summed E-state index contributed by atoms with van der Waals surface area (Å²) in [5.41, 5.74) is 1.05. The molecule has 0 aromatic heterocycles. The molecule has 0 aliphatic heterocycles. The molecule has 0 heterocycles. The van der Waals surface area contributed by atoms with Crippen molar-refractivity contribution >= 4 is 21.8 Å². The molecule has 1 aliphatic carbocycles. The number of carbonyl (C=O) groups excluding carboxylic acids is 1. The predicted molar refractivity (Wildman–Crippen MR) is 68.2 cm³/mol. The lowest BCUT2D eigenvalue weighted by Gasteiger charge is -2.12. The smallest absolute Gasteiger partial charge is 0.224 e. The number of halogens is 1. The second-order valence-electron chi connectivity index (χ2n) is 4.32. The summed E-state index contributed by atoms with van der Waals surface area (Å²) < 4.78 is 1.01. The number of carbonyl (C=O) groups is 1. The summed E-state index contributed by atoms with van der Waals surface area (Å²) in [5.74, 6) is 0.138. The minimum Gasteiger partial charge on any atom is -0.353 e. The number of hydrogen-bond donors (Lipinski definition) is 1. The fourth-order valence-electron chi connectivity index (χ4n) is 2.16. The Kier molecular flexibility index (Phi) is 3.99. The minimum atomic E-state index is 0.138. The normalized spacial score (nSPS) is 16.3. The van der Waals surface area contributed by atoms with Crippen molar-refractivity contribution < 1.29 is 4.79 Å². The van der Waals surface area contributed by atoms with Gasteiger partial charge < -0.3 is 5.32 Å². The van der Waals surface area contributed by atoms with Gasteiger partial charge in [-0.25, -0.2) is 0 Å². The van der Waals surface area contributed by atoms with Crippen LogP contribution in [0, 0.1) is 0 Å². The number of nitrogens with one attached hydrogen (secondary N) is 1. The number of benzene rings is 1. The van der Waals surface area contributed by atoms with Crippen LogP contribution in [0.15, 0.2) is 28.7 Å². The van der Waals surface area contributed by atoms with Crippen LogP contribution in [0.1, 0.15) is 31.2 Å². The highest BCUT2D eigenvalue weighted by Crippen LogP contribution is 2.19. The van der Waals surface area contributed by atoms with Gasteiger partial charge in [0.1, 0.15) is 0 Å². The van der Waals surface area contributed by atoms with Crippen LogP contribution in [0.25, 0.3) is 0 Å². The zero-order valence-electron chi connectivity index (χ0n) is 9.21. The lowest BCUT2D eigenvalue weighted by molar-refractivity contribution is -0.121. The first-order valence-electron chi connectivity index (χ1n) is 5.78. The summed E-state index contributed by atoms with van der Waals surface area (Å²) in [6, 6.07) is 8.29. The van der Waals surface area contributed by atoms with Gasteiger partial charge in [0.25, 0.3) is 0 Å². The first-order chi connectivity index (χ1) is 7.75. The third kappa shape index (κ3) is 3.08. The topological polar surface area (TPSA) is 29.1 Å². The van der Waals surface area contributed by atoms with Crippen LogP contribution >= 0.6 is 15.9 Å². The Bertz CT molecular complexity index is 372. The summed E-state index contributed by atoms with van der Waals surface area (Å²) in [4.78, 5) is 11.8. The van der Waals surface area contributed by atoms with E-state index in [1.165, 1.54) is 12.8 Å². The molecule has 1 aromatic carbocycles. The molecule has 1 aromatic rings. The summed E-state index contributed by atoms with van der Waals surface area (Å²) in [5, 5.41) is 3.09. The van der Waals surface area contributed by atoms with Gasteiger partial charge in [-0.05, 0) is 24.5 Å². The molecule has 1 N–H and O–H groups in total. The molecule has 0 bridgehead atoms. The van der Waals surface area contributed by atoms with Crippen LogP contribution in [-0.4, -0.2) is 11.9 Å². The largest absolute Gasteiger partial charge is 0.353 e. The highest BCUT2D eigenvalue weighted by molar-refractivity contribution is 9.10. The lowest BCUT2D eigenvalue weighted by atomic mass is 10.1. The summed E-state index contributed by atoms with van der Waals surface area (Å²) in [6.45, 7) is 0. The minimum absolute atomic E-state index is 0.138. The summed E-state index contributed by atoms with van der Waals surface area (Å²) in [7, 11) is 0. The maximum absolute atomic E-state index is 11.8. The molecule has 0 saturated heterocycles. The predicted octanol–water partition coefficient (Wildman–Crippen LogP) is 3.05. The number of amides is 1. The van der Waals surface area contributed by atoms with E-state index in [4.69, 9.17) is 0 Å². The molecule has 0 spiro atoms. The van der Waals surface area contributed by atoms with Crippen molar-refractivity contribution in [1.82, 2.24) is 5.32 Å². The summed E-state index contributed by atoms with van der Waals surface area (Å²) in [6.07, 6.45) is 5.25. The third-order valence-corrected chi connectivity index (χ3v) is 3.80. The molecular formula is C13H16BrNO. The second-order valence-corrected chi connectivity index (χ2v) is 5.17. The SMILES string of the molecule is O=C(Cc1ccccc1Br)NC1CCCC1. The van der Waals surface area contributed by atoms with E-state index in [-0.39, 0.29) is 5.91 Å². The van der Waals surface area contributed by atoms with E-state index in [9.17, 15) is 4.79 Å². The third-order valence-electron chi connectivity index (χ3n) is 3.03. The zero-order chi connectivity index (χ0) is 11.4. The second kappa shape index (κ2) is 5.48. The number of hydrogen-bond acceptors (Lipinski definition) is 1. The standard InChI is InChI=1S/C13H16BrNO/c14-12-8-4-1-5-10(12)9-13(16)15-11-6-2-3-7-11/h1,4-5,8,11H,2-3,6-7,9H2,(H,15,16). The highest BCUT2D eigenvalue weighted by atomic mass is 79.9. The Morgan fingerprint density at radius 2 is 2.00 bits per heavy atom. The van der Waals surface area contributed by atoms with Crippen molar-refractivity contribution in [2.45, 2.75) is 38.1 Å². The molecule has 0 atom stereocenters. The van der Waals surface area contributed by atoms with Gasteiger partial charge in [-0.15, -0.1) is 0 Å². The molecule has 0 radical (unpaired) electrons. The van der Waals surface area contributed by atoms with Gasteiger partial charge in [-0.2, -0.15) is 0 Å². The van der Waals surface area contributed by atoms with Crippen molar-refractivity contribution in [2.24, 2.45) is 0 Å². The van der Waals surface area contributed by atoms with Crippen molar-refractivity contribution in [1.29, 1.82) is 0 Å². The van der Waals surface area contributed by atoms with Crippen LogP contribution in [0.2, 0.25) is 0 Å². The van der Waals surface area contributed by atoms with Crippen molar-refractivity contribution in [3.63, 3.8) is 0 Å². The first kappa shape index (κ1) is 11.6. The first-order valence-corrected chi connectivity index (χ1v) is 6.58. The molecule has 0 unspecified atom stereocenters. The molecule has 16 heavy (non-hydrogen) atoms. The monoisotopic (exact) mass is 281 g/mol. The molecule has 2 nitrogen and oxygen atoms in total. The molecular weight excluding hydrogens is 266 g/mol. The quantitative estimate of drug-likeness (QED) is 0.907. The maximum Gasteiger partial charge on any atom is 0.224 e. The average Bonchev–Trinajstić information content (AvgIpc) is 2.74. The Labute approximate surface area is 105 Å². The molecule has 1 aliphatic rings. The van der Waals surface area contributed by atoms with Crippen LogP contribution in [0.5, 0.6) is 0 Å². The van der Waals surface area contributed by atoms with Crippen LogP contribution in [-0.2, 0) is 11.2 Å². The Morgan fingerprint density at radius 1 is 1.31 bits per heavy atom. The molecule has 3 heteroatoms. The Morgan fingerprint density at radius 3 is 2.69 bits per heavy atom. The molecule has 1 saturated carbocycles. The Balaban J connectivity index is 1.89. The van der Waals surface area contributed by atoms with Gasteiger partial charge in [0, 0.05) is 10.5 Å². The van der Waals surface area contributed by atoms with E-state index >= 15 is 0 Å². The molecule has 2 rings (SSSR count). The number of rotatable bonds is 3. The van der Waals surface area contributed by atoms with Gasteiger partial charge in [0.2, 0.25) is 5.91 Å². The van der Waals surface area contributed by atoms with E-state index in [0.717, 1.165) is 22.9 Å². The van der Waals surface area contributed by atoms with E-state index < -0.39 is 0 Å². The van der Waals surface area contributed by atoms with Gasteiger partial charge in [-0.3, -0.25) is 4.79 Å². The van der Waals surface area contributed by atoms with E-state index in [1.54, 1.807) is 0 Å². The van der Waals surface area contributed by atoms with Crippen LogP contribution < -0.4 is 5.32 Å². The van der Waals surface area contributed by atoms with Crippen molar-refractivity contribution in [3.05, 3.63) is 34.3 Å². The van der Waals surface area contributed by atoms with Crippen LogP contribution in [0.3, 0.4) is 0 Å². The molecule has 86 valence electrons. The fraction of sp³-hybridized carbons (Fsp3) is 0.462. The van der Waals surface area contributed by atoms with Gasteiger partial charge >= 0.3 is 0 Å². The fourth-order valence-corrected chi connectivity index (χ4v) is 2.59. The average molecular weight is 282 g/mol. The van der Waals surface area contributed by atoms with Crippen LogP contribution in [0.4, 0.5) is 0 Å². The Hall–Kier alpha value is -0.830. The van der Waals surface area contributed by atoms with E-state index in [1.807, 2.05) is 24.3 Å². The van der Waals surface area contributed by atoms with Gasteiger partial charge in [-0.1, -0.05) is 47.0 Å². The van der Waals surface area contributed by atoms with E-state index in [0.29, 0.717) is 12.5 Å². The van der Waals surface area contributed by atoms with Gasteiger partial charge in [0.15, 0.2) is 0 Å². The van der Waals surface area contributed by atoms with Crippen molar-refractivity contribution in [2.75, 3.05) is 0 Å². The zero-order valence-corrected chi connectivity index (χ0v) is 10.8. The maximum atomic E-state index is 11.8. The molecule has 1 amide bonds.